The molecule has 8 heteroatoms. The maximum absolute atomic E-state index is 13.0. The number of rotatable bonds is 3. The van der Waals surface area contributed by atoms with E-state index in [2.05, 4.69) is 16.8 Å². The van der Waals surface area contributed by atoms with Gasteiger partial charge in [0.1, 0.15) is 0 Å². The van der Waals surface area contributed by atoms with E-state index in [-0.39, 0.29) is 18.0 Å². The van der Waals surface area contributed by atoms with Crippen molar-refractivity contribution in [1.82, 2.24) is 19.8 Å². The van der Waals surface area contributed by atoms with Crippen molar-refractivity contribution in [2.75, 3.05) is 26.7 Å². The maximum Gasteiger partial charge on any atom is 0.253 e. The fourth-order valence-electron chi connectivity index (χ4n) is 4.95. The number of hydrogen-bond donors (Lipinski definition) is 1. The summed E-state index contributed by atoms with van der Waals surface area (Å²) in [5, 5.41) is 6.93. The van der Waals surface area contributed by atoms with Crippen LogP contribution in [0, 0.1) is 0 Å². The lowest BCUT2D eigenvalue weighted by Gasteiger charge is -2.44. The molecule has 1 saturated heterocycles. The fourth-order valence-corrected chi connectivity index (χ4v) is 4.95. The summed E-state index contributed by atoms with van der Waals surface area (Å²) in [5.41, 5.74) is 9.68. The van der Waals surface area contributed by atoms with Crippen LogP contribution >= 0.6 is 0 Å². The Hall–Kier alpha value is -4.20. The zero-order valence-corrected chi connectivity index (χ0v) is 19.8. The molecule has 2 atom stereocenters. The highest BCUT2D eigenvalue weighted by atomic mass is 16.2. The van der Waals surface area contributed by atoms with Crippen LogP contribution in [-0.2, 0) is 0 Å². The molecular weight excluding hydrogens is 440 g/mol. The number of aromatic nitrogens is 1. The summed E-state index contributed by atoms with van der Waals surface area (Å²) >= 11 is 0. The maximum atomic E-state index is 13.0. The fraction of sp³-hybridized carbons (Fsp3) is 0.259. The number of piperazine rings is 1. The predicted molar refractivity (Wildman–Crippen MR) is 134 cm³/mol. The van der Waals surface area contributed by atoms with Gasteiger partial charge in [0, 0.05) is 61.8 Å². The van der Waals surface area contributed by atoms with Gasteiger partial charge >= 0.3 is 0 Å². The van der Waals surface area contributed by atoms with E-state index in [1.54, 1.807) is 18.3 Å². The summed E-state index contributed by atoms with van der Waals surface area (Å²) < 4.78 is 0. The first kappa shape index (κ1) is 22.6. The molecule has 0 saturated carbocycles. The summed E-state index contributed by atoms with van der Waals surface area (Å²) in [6.45, 7) is 4.04. The Morgan fingerprint density at radius 3 is 2.40 bits per heavy atom. The van der Waals surface area contributed by atoms with Crippen LogP contribution in [0.1, 0.15) is 50.4 Å². The van der Waals surface area contributed by atoms with E-state index in [1.165, 1.54) is 0 Å². The van der Waals surface area contributed by atoms with Crippen molar-refractivity contribution in [2.45, 2.75) is 19.0 Å². The number of amidine groups is 1. The Labute approximate surface area is 204 Å². The second-order valence-electron chi connectivity index (χ2n) is 9.01. The summed E-state index contributed by atoms with van der Waals surface area (Å²) in [4.78, 5) is 33.0. The van der Waals surface area contributed by atoms with E-state index in [4.69, 9.17) is 10.8 Å². The van der Waals surface area contributed by atoms with Gasteiger partial charge in [0.25, 0.3) is 5.91 Å². The number of pyridine rings is 1. The second-order valence-corrected chi connectivity index (χ2v) is 9.01. The monoisotopic (exact) mass is 468 g/mol. The van der Waals surface area contributed by atoms with Gasteiger partial charge in [0.15, 0.2) is 5.84 Å². The van der Waals surface area contributed by atoms with Gasteiger partial charge in [0.05, 0.1) is 6.04 Å². The Kier molecular flexibility index (Phi) is 5.94. The Balaban J connectivity index is 1.41. The standard InChI is InChI=1S/C27H28N6O2/c1-18-17-32(27(35)21-6-4-3-5-7-21)14-15-33(18)26-23-16-29-13-12-22(23)24(31(2)30-26)19-8-10-20(11-9-19)25(28)34/h3-13,16,18,24H,14-15,17H2,1-2H3,(H2,28,34). The molecule has 3 heterocycles. The molecule has 1 aromatic heterocycles. The number of carbonyl (C=O) groups is 2. The van der Waals surface area contributed by atoms with E-state index in [0.29, 0.717) is 30.8 Å². The average molecular weight is 469 g/mol. The number of fused-ring (bicyclic) bond motifs is 1. The van der Waals surface area contributed by atoms with E-state index < -0.39 is 5.91 Å². The first-order chi connectivity index (χ1) is 16.9. The van der Waals surface area contributed by atoms with Crippen molar-refractivity contribution in [3.8, 4) is 0 Å². The number of primary amides is 1. The highest BCUT2D eigenvalue weighted by molar-refractivity contribution is 6.01. The Morgan fingerprint density at radius 1 is 0.971 bits per heavy atom. The lowest BCUT2D eigenvalue weighted by Crippen LogP contribution is -2.56. The molecule has 178 valence electrons. The molecule has 0 aliphatic carbocycles. The van der Waals surface area contributed by atoms with Crippen LogP contribution < -0.4 is 5.73 Å². The molecule has 5 rings (SSSR count). The molecule has 2 aliphatic rings. The van der Waals surface area contributed by atoms with Crippen LogP contribution in [-0.4, -0.2) is 70.2 Å². The minimum atomic E-state index is -0.447. The third-order valence-electron chi connectivity index (χ3n) is 6.73. The lowest BCUT2D eigenvalue weighted by molar-refractivity contribution is 0.0626. The Morgan fingerprint density at radius 2 is 1.71 bits per heavy atom. The summed E-state index contributed by atoms with van der Waals surface area (Å²) in [7, 11) is 1.95. The minimum absolute atomic E-state index is 0.0568. The number of hydrazone groups is 1. The number of hydrogen-bond acceptors (Lipinski definition) is 6. The van der Waals surface area contributed by atoms with Gasteiger partial charge in [-0.25, -0.2) is 0 Å². The van der Waals surface area contributed by atoms with Crippen molar-refractivity contribution >= 4 is 17.6 Å². The number of nitrogens with two attached hydrogens (primary N) is 1. The molecule has 3 aromatic rings. The van der Waals surface area contributed by atoms with Gasteiger partial charge in [-0.1, -0.05) is 30.3 Å². The van der Waals surface area contributed by atoms with Gasteiger partial charge < -0.3 is 15.5 Å². The van der Waals surface area contributed by atoms with Crippen LogP contribution in [0.5, 0.6) is 0 Å². The molecule has 0 spiro atoms. The van der Waals surface area contributed by atoms with E-state index in [0.717, 1.165) is 22.5 Å². The molecule has 2 amide bonds. The van der Waals surface area contributed by atoms with Crippen LogP contribution in [0.15, 0.2) is 78.2 Å². The average Bonchev–Trinajstić information content (AvgIpc) is 2.88. The van der Waals surface area contributed by atoms with Crippen molar-refractivity contribution in [1.29, 1.82) is 0 Å². The van der Waals surface area contributed by atoms with Crippen molar-refractivity contribution in [3.05, 3.63) is 101 Å². The SMILES string of the molecule is CC1CN(C(=O)c2ccccc2)CCN1C1=NN(C)C(c2ccc(C(N)=O)cc2)c2ccncc21. The largest absolute Gasteiger partial charge is 0.366 e. The number of benzene rings is 2. The first-order valence-corrected chi connectivity index (χ1v) is 11.7. The van der Waals surface area contributed by atoms with E-state index in [1.807, 2.05) is 71.7 Å². The zero-order chi connectivity index (χ0) is 24.5. The molecule has 2 aromatic carbocycles. The van der Waals surface area contributed by atoms with Crippen LogP contribution in [0.4, 0.5) is 0 Å². The molecule has 0 radical (unpaired) electrons. The van der Waals surface area contributed by atoms with Gasteiger partial charge in [-0.15, -0.1) is 0 Å². The molecule has 2 aliphatic heterocycles. The highest BCUT2D eigenvalue weighted by Gasteiger charge is 2.35. The highest BCUT2D eigenvalue weighted by Crippen LogP contribution is 2.35. The summed E-state index contributed by atoms with van der Waals surface area (Å²) in [6.07, 6.45) is 3.65. The van der Waals surface area contributed by atoms with Gasteiger partial charge in [-0.3, -0.25) is 19.6 Å². The zero-order valence-electron chi connectivity index (χ0n) is 19.8. The molecule has 1 fully saturated rings. The third kappa shape index (κ3) is 4.23. The van der Waals surface area contributed by atoms with Crippen LogP contribution in [0.25, 0.3) is 0 Å². The summed E-state index contributed by atoms with van der Waals surface area (Å²) in [5.74, 6) is 0.471. The molecule has 8 nitrogen and oxygen atoms in total. The number of amides is 2. The normalized spacial score (nSPS) is 19.7. The lowest BCUT2D eigenvalue weighted by atomic mass is 9.92. The minimum Gasteiger partial charge on any atom is -0.366 e. The molecule has 2 N–H and O–H groups in total. The van der Waals surface area contributed by atoms with Gasteiger partial charge in [0.2, 0.25) is 5.91 Å². The van der Waals surface area contributed by atoms with Gasteiger partial charge in [-0.2, -0.15) is 5.10 Å². The predicted octanol–water partition coefficient (Wildman–Crippen LogP) is 2.72. The first-order valence-electron chi connectivity index (χ1n) is 11.7. The summed E-state index contributed by atoms with van der Waals surface area (Å²) in [6, 6.07) is 18.7. The van der Waals surface area contributed by atoms with E-state index in [9.17, 15) is 9.59 Å². The smallest absolute Gasteiger partial charge is 0.253 e. The van der Waals surface area contributed by atoms with E-state index >= 15 is 0 Å². The molecule has 35 heavy (non-hydrogen) atoms. The number of nitrogens with zero attached hydrogens (tertiary/aromatic N) is 5. The van der Waals surface area contributed by atoms with Crippen molar-refractivity contribution in [2.24, 2.45) is 10.8 Å². The molecule has 0 bridgehead atoms. The second kappa shape index (κ2) is 9.21. The van der Waals surface area contributed by atoms with Crippen LogP contribution in [0.2, 0.25) is 0 Å². The van der Waals surface area contributed by atoms with Crippen molar-refractivity contribution < 1.29 is 9.59 Å². The quantitative estimate of drug-likeness (QED) is 0.638. The molecular formula is C27H28N6O2. The third-order valence-corrected chi connectivity index (χ3v) is 6.73. The van der Waals surface area contributed by atoms with Gasteiger partial charge in [-0.05, 0) is 48.4 Å². The van der Waals surface area contributed by atoms with Crippen molar-refractivity contribution in [3.63, 3.8) is 0 Å². The number of carbonyl (C=O) groups excluding carboxylic acids is 2. The Bertz CT molecular complexity index is 1270. The molecule has 2 unspecified atom stereocenters. The topological polar surface area (TPSA) is 95.1 Å². The van der Waals surface area contributed by atoms with Crippen LogP contribution in [0.3, 0.4) is 0 Å².